The number of hydrogen-bond acceptors (Lipinski definition) is 7. The van der Waals surface area contributed by atoms with Gasteiger partial charge in [0.15, 0.2) is 18.1 Å². The van der Waals surface area contributed by atoms with Gasteiger partial charge in [-0.2, -0.15) is 5.10 Å². The van der Waals surface area contributed by atoms with Crippen molar-refractivity contribution in [2.75, 3.05) is 26.1 Å². The molecule has 10 heteroatoms. The van der Waals surface area contributed by atoms with Crippen LogP contribution in [-0.2, 0) is 27.3 Å². The molecule has 0 aliphatic heterocycles. The minimum absolute atomic E-state index is 0.182. The smallest absolute Gasteiger partial charge is 0.329 e. The normalized spacial score (nSPS) is 10.5. The first kappa shape index (κ1) is 27.7. The Morgan fingerprint density at radius 1 is 0.895 bits per heavy atom. The Kier molecular flexibility index (Phi) is 10.2. The third-order valence-corrected chi connectivity index (χ3v) is 5.42. The molecule has 0 fully saturated rings. The maximum Gasteiger partial charge on any atom is 0.329 e. The highest BCUT2D eigenvalue weighted by Gasteiger charge is 2.13. The Balaban J connectivity index is 1.49. The number of rotatable bonds is 11. The predicted molar refractivity (Wildman–Crippen MR) is 144 cm³/mol. The van der Waals surface area contributed by atoms with Gasteiger partial charge in [-0.15, -0.1) is 0 Å². The molecular formula is C28H30N4O6. The van der Waals surface area contributed by atoms with Gasteiger partial charge in [0.05, 0.1) is 20.4 Å². The first-order valence-corrected chi connectivity index (χ1v) is 11.9. The van der Waals surface area contributed by atoms with Crippen LogP contribution in [0, 0.1) is 0 Å². The number of hydrazone groups is 1. The van der Waals surface area contributed by atoms with E-state index in [0.717, 1.165) is 23.2 Å². The molecule has 198 valence electrons. The molecule has 3 rings (SSSR count). The molecule has 0 aromatic heterocycles. The van der Waals surface area contributed by atoms with Gasteiger partial charge in [-0.05, 0) is 59.5 Å². The molecule has 0 aliphatic rings. The van der Waals surface area contributed by atoms with Crippen LogP contribution in [0.2, 0.25) is 0 Å². The van der Waals surface area contributed by atoms with Crippen molar-refractivity contribution in [1.29, 1.82) is 0 Å². The average molecular weight is 519 g/mol. The number of amides is 3. The number of aryl methyl sites for hydroxylation is 1. The van der Waals surface area contributed by atoms with Gasteiger partial charge in [0.1, 0.15) is 5.75 Å². The minimum Gasteiger partial charge on any atom is -0.497 e. The van der Waals surface area contributed by atoms with Gasteiger partial charge in [-0.1, -0.05) is 37.3 Å². The standard InChI is InChI=1S/C28H30N4O6/c1-4-21-7-5-6-8-23(21)31-26(33)18-38-24-14-11-20(15-25(24)37-3)17-30-32-28(35)27(34)29-16-19-9-12-22(36-2)13-10-19/h5-15,17H,4,16,18H2,1-3H3,(H,29,34)(H,31,33)(H,32,35)/b30-17-. The molecule has 3 amide bonds. The molecule has 0 radical (unpaired) electrons. The third kappa shape index (κ3) is 8.09. The fraction of sp³-hybridized carbons (Fsp3) is 0.214. The molecule has 0 unspecified atom stereocenters. The summed E-state index contributed by atoms with van der Waals surface area (Å²) < 4.78 is 16.1. The van der Waals surface area contributed by atoms with Crippen LogP contribution < -0.4 is 30.3 Å². The second-order valence-electron chi connectivity index (χ2n) is 7.99. The molecule has 0 bridgehead atoms. The Labute approximate surface area is 221 Å². The molecule has 0 saturated carbocycles. The number of benzene rings is 3. The second kappa shape index (κ2) is 14.0. The van der Waals surface area contributed by atoms with Crippen molar-refractivity contribution in [2.45, 2.75) is 19.9 Å². The monoisotopic (exact) mass is 518 g/mol. The topological polar surface area (TPSA) is 127 Å². The summed E-state index contributed by atoms with van der Waals surface area (Å²) in [7, 11) is 3.03. The van der Waals surface area contributed by atoms with Crippen LogP contribution in [0.3, 0.4) is 0 Å². The van der Waals surface area contributed by atoms with E-state index >= 15 is 0 Å². The average Bonchev–Trinajstić information content (AvgIpc) is 2.95. The molecule has 0 heterocycles. The Morgan fingerprint density at radius 3 is 2.37 bits per heavy atom. The van der Waals surface area contributed by atoms with Gasteiger partial charge >= 0.3 is 11.8 Å². The maximum atomic E-state index is 12.4. The van der Waals surface area contributed by atoms with Gasteiger partial charge < -0.3 is 24.8 Å². The fourth-order valence-electron chi connectivity index (χ4n) is 3.39. The first-order chi connectivity index (χ1) is 18.4. The van der Waals surface area contributed by atoms with Gasteiger partial charge in [0, 0.05) is 12.2 Å². The molecule has 10 nitrogen and oxygen atoms in total. The lowest BCUT2D eigenvalue weighted by molar-refractivity contribution is -0.139. The van der Waals surface area contributed by atoms with Gasteiger partial charge in [0.25, 0.3) is 5.91 Å². The maximum absolute atomic E-state index is 12.4. The quantitative estimate of drug-likeness (QED) is 0.203. The van der Waals surface area contributed by atoms with Crippen molar-refractivity contribution in [3.8, 4) is 17.2 Å². The summed E-state index contributed by atoms with van der Waals surface area (Å²) in [6.07, 6.45) is 2.15. The van der Waals surface area contributed by atoms with E-state index in [1.54, 1.807) is 49.6 Å². The number of methoxy groups -OCH3 is 2. The van der Waals surface area contributed by atoms with E-state index < -0.39 is 11.8 Å². The summed E-state index contributed by atoms with van der Waals surface area (Å²) >= 11 is 0. The van der Waals surface area contributed by atoms with Crippen molar-refractivity contribution >= 4 is 29.6 Å². The SMILES string of the molecule is CCc1ccccc1NC(=O)COc1ccc(/C=N\NC(=O)C(=O)NCc2ccc(OC)cc2)cc1OC. The van der Waals surface area contributed by atoms with Crippen LogP contribution in [0.5, 0.6) is 17.2 Å². The van der Waals surface area contributed by atoms with E-state index in [1.807, 2.05) is 31.2 Å². The second-order valence-corrected chi connectivity index (χ2v) is 7.99. The summed E-state index contributed by atoms with van der Waals surface area (Å²) in [4.78, 5) is 36.4. The van der Waals surface area contributed by atoms with Crippen molar-refractivity contribution < 1.29 is 28.6 Å². The first-order valence-electron chi connectivity index (χ1n) is 11.9. The van der Waals surface area contributed by atoms with Gasteiger partial charge in [0.2, 0.25) is 0 Å². The van der Waals surface area contributed by atoms with Crippen LogP contribution in [-0.4, -0.2) is 44.8 Å². The Morgan fingerprint density at radius 2 is 1.66 bits per heavy atom. The van der Waals surface area contributed by atoms with Crippen LogP contribution in [0.25, 0.3) is 0 Å². The zero-order valence-electron chi connectivity index (χ0n) is 21.4. The van der Waals surface area contributed by atoms with Crippen LogP contribution in [0.4, 0.5) is 5.69 Å². The third-order valence-electron chi connectivity index (χ3n) is 5.42. The zero-order valence-corrected chi connectivity index (χ0v) is 21.4. The fourth-order valence-corrected chi connectivity index (χ4v) is 3.39. The number of nitrogens with one attached hydrogen (secondary N) is 3. The Bertz CT molecular complexity index is 1290. The van der Waals surface area contributed by atoms with E-state index in [0.29, 0.717) is 22.8 Å². The van der Waals surface area contributed by atoms with Crippen molar-refractivity contribution in [3.63, 3.8) is 0 Å². The van der Waals surface area contributed by atoms with E-state index in [-0.39, 0.29) is 19.1 Å². The highest BCUT2D eigenvalue weighted by atomic mass is 16.5. The van der Waals surface area contributed by atoms with Crippen LogP contribution in [0.1, 0.15) is 23.6 Å². The van der Waals surface area contributed by atoms with E-state index in [9.17, 15) is 14.4 Å². The van der Waals surface area contributed by atoms with Crippen molar-refractivity contribution in [3.05, 3.63) is 83.4 Å². The molecule has 3 aromatic carbocycles. The van der Waals surface area contributed by atoms with Crippen LogP contribution in [0.15, 0.2) is 71.8 Å². The summed E-state index contributed by atoms with van der Waals surface area (Å²) in [6.45, 7) is 1.99. The summed E-state index contributed by atoms with van der Waals surface area (Å²) in [5.74, 6) is -0.588. The number of carbonyl (C=O) groups excluding carboxylic acids is 3. The zero-order chi connectivity index (χ0) is 27.3. The Hall–Kier alpha value is -4.86. The number of carbonyl (C=O) groups is 3. The molecule has 38 heavy (non-hydrogen) atoms. The lowest BCUT2D eigenvalue weighted by Gasteiger charge is -2.13. The van der Waals surface area contributed by atoms with E-state index in [2.05, 4.69) is 21.2 Å². The number of ether oxygens (including phenoxy) is 3. The molecule has 0 saturated heterocycles. The van der Waals surface area contributed by atoms with Crippen molar-refractivity contribution in [1.82, 2.24) is 10.7 Å². The molecule has 0 spiro atoms. The summed E-state index contributed by atoms with van der Waals surface area (Å²) in [6, 6.07) is 19.6. The van der Waals surface area contributed by atoms with E-state index in [1.165, 1.54) is 13.3 Å². The lowest BCUT2D eigenvalue weighted by Crippen LogP contribution is -2.37. The molecule has 0 aliphatic carbocycles. The summed E-state index contributed by atoms with van der Waals surface area (Å²) in [5.41, 5.74) is 5.35. The summed E-state index contributed by atoms with van der Waals surface area (Å²) in [5, 5.41) is 9.19. The lowest BCUT2D eigenvalue weighted by atomic mass is 10.1. The molecule has 0 atom stereocenters. The highest BCUT2D eigenvalue weighted by molar-refractivity contribution is 6.35. The predicted octanol–water partition coefficient (Wildman–Crippen LogP) is 3.05. The molecule has 3 aromatic rings. The number of para-hydroxylation sites is 1. The number of nitrogens with zero attached hydrogens (tertiary/aromatic N) is 1. The van der Waals surface area contributed by atoms with E-state index in [4.69, 9.17) is 14.2 Å². The highest BCUT2D eigenvalue weighted by Crippen LogP contribution is 2.27. The number of hydrogen-bond donors (Lipinski definition) is 3. The van der Waals surface area contributed by atoms with Crippen LogP contribution >= 0.6 is 0 Å². The van der Waals surface area contributed by atoms with Gasteiger partial charge in [-0.3, -0.25) is 14.4 Å². The molecule has 3 N–H and O–H groups in total. The van der Waals surface area contributed by atoms with Gasteiger partial charge in [-0.25, -0.2) is 5.43 Å². The number of anilines is 1. The largest absolute Gasteiger partial charge is 0.497 e. The van der Waals surface area contributed by atoms with Crippen molar-refractivity contribution in [2.24, 2.45) is 5.10 Å². The molecular weight excluding hydrogens is 488 g/mol. The minimum atomic E-state index is -0.905.